The number of aromatic amines is 1. The lowest BCUT2D eigenvalue weighted by atomic mass is 10.2. The average molecular weight is 328 g/mol. The third kappa shape index (κ3) is 3.37. The van der Waals surface area contributed by atoms with Crippen LogP contribution in [0.2, 0.25) is 0 Å². The Morgan fingerprint density at radius 1 is 1.17 bits per heavy atom. The molecule has 1 aromatic carbocycles. The van der Waals surface area contributed by atoms with E-state index >= 15 is 0 Å². The van der Waals surface area contributed by atoms with Crippen molar-refractivity contribution in [3.63, 3.8) is 0 Å². The van der Waals surface area contributed by atoms with Gasteiger partial charge in [-0.2, -0.15) is 0 Å². The van der Waals surface area contributed by atoms with Crippen molar-refractivity contribution in [2.75, 3.05) is 26.2 Å². The number of hydrogen-bond acceptors (Lipinski definition) is 2. The molecule has 0 radical (unpaired) electrons. The molecule has 1 atom stereocenters. The zero-order valence-electron chi connectivity index (χ0n) is 14.2. The molecule has 2 aromatic rings. The fraction of sp³-hybridized carbons (Fsp3) is 0.444. The molecular formula is C18H24N4O2. The number of carbonyl (C=O) groups is 2. The number of aromatic nitrogens is 1. The van der Waals surface area contributed by atoms with Gasteiger partial charge in [-0.1, -0.05) is 25.1 Å². The second-order valence-electron chi connectivity index (χ2n) is 6.31. The van der Waals surface area contributed by atoms with Crippen molar-refractivity contribution in [2.24, 2.45) is 0 Å². The summed E-state index contributed by atoms with van der Waals surface area (Å²) in [6.07, 6.45) is 0.907. The molecule has 0 bridgehead atoms. The number of amides is 3. The second kappa shape index (κ2) is 6.95. The maximum Gasteiger partial charge on any atom is 0.317 e. The van der Waals surface area contributed by atoms with Gasteiger partial charge in [0.15, 0.2) is 0 Å². The van der Waals surface area contributed by atoms with Gasteiger partial charge in [0.1, 0.15) is 5.69 Å². The Labute approximate surface area is 141 Å². The minimum Gasteiger partial charge on any atom is -0.351 e. The van der Waals surface area contributed by atoms with Crippen LogP contribution in [0.3, 0.4) is 0 Å². The number of piperazine rings is 1. The molecule has 128 valence electrons. The fourth-order valence-electron chi connectivity index (χ4n) is 2.88. The van der Waals surface area contributed by atoms with Crippen molar-refractivity contribution in [1.29, 1.82) is 0 Å². The largest absolute Gasteiger partial charge is 0.351 e. The van der Waals surface area contributed by atoms with Gasteiger partial charge in [0, 0.05) is 43.1 Å². The van der Waals surface area contributed by atoms with Gasteiger partial charge >= 0.3 is 6.03 Å². The number of nitrogens with one attached hydrogen (secondary N) is 2. The lowest BCUT2D eigenvalue weighted by Gasteiger charge is -2.35. The van der Waals surface area contributed by atoms with Crippen LogP contribution in [0.1, 0.15) is 30.8 Å². The van der Waals surface area contributed by atoms with Crippen LogP contribution in [0.15, 0.2) is 30.3 Å². The third-order valence-electron chi connectivity index (χ3n) is 4.60. The summed E-state index contributed by atoms with van der Waals surface area (Å²) >= 11 is 0. The number of nitrogens with zero attached hydrogens (tertiary/aromatic N) is 2. The first-order valence-electron chi connectivity index (χ1n) is 8.51. The molecule has 2 N–H and O–H groups in total. The van der Waals surface area contributed by atoms with Gasteiger partial charge < -0.3 is 20.1 Å². The molecule has 1 aliphatic rings. The molecule has 6 heteroatoms. The highest BCUT2D eigenvalue weighted by molar-refractivity contribution is 5.98. The van der Waals surface area contributed by atoms with Crippen LogP contribution in [-0.2, 0) is 0 Å². The normalized spacial score (nSPS) is 16.2. The van der Waals surface area contributed by atoms with Crippen molar-refractivity contribution in [1.82, 2.24) is 20.1 Å². The van der Waals surface area contributed by atoms with Gasteiger partial charge in [-0.3, -0.25) is 4.79 Å². The molecule has 0 aliphatic carbocycles. The SMILES string of the molecule is CC[C@H](C)NC(=O)N1CCN(C(=O)c2cc3ccccc3[nH]2)CC1. The van der Waals surface area contributed by atoms with E-state index in [0.717, 1.165) is 17.3 Å². The van der Waals surface area contributed by atoms with Gasteiger partial charge in [0.25, 0.3) is 5.91 Å². The molecule has 1 aromatic heterocycles. The highest BCUT2D eigenvalue weighted by Crippen LogP contribution is 2.17. The van der Waals surface area contributed by atoms with E-state index in [1.165, 1.54) is 0 Å². The van der Waals surface area contributed by atoms with E-state index in [2.05, 4.69) is 10.3 Å². The lowest BCUT2D eigenvalue weighted by Crippen LogP contribution is -2.54. The maximum atomic E-state index is 12.6. The summed E-state index contributed by atoms with van der Waals surface area (Å²) in [5, 5.41) is 4.00. The number of H-pyrrole nitrogens is 1. The Balaban J connectivity index is 1.60. The number of para-hydroxylation sites is 1. The number of urea groups is 1. The van der Waals surface area contributed by atoms with Crippen molar-refractivity contribution in [2.45, 2.75) is 26.3 Å². The molecule has 6 nitrogen and oxygen atoms in total. The lowest BCUT2D eigenvalue weighted by molar-refractivity contribution is 0.0659. The van der Waals surface area contributed by atoms with Crippen LogP contribution in [-0.4, -0.2) is 58.9 Å². The van der Waals surface area contributed by atoms with Crippen molar-refractivity contribution < 1.29 is 9.59 Å². The van der Waals surface area contributed by atoms with E-state index < -0.39 is 0 Å². The van der Waals surface area contributed by atoms with Gasteiger partial charge in [0.2, 0.25) is 0 Å². The molecule has 1 aliphatic heterocycles. The number of fused-ring (bicyclic) bond motifs is 1. The zero-order valence-corrected chi connectivity index (χ0v) is 14.2. The molecule has 3 rings (SSSR count). The first-order valence-corrected chi connectivity index (χ1v) is 8.51. The number of benzene rings is 1. The topological polar surface area (TPSA) is 68.4 Å². The molecule has 0 unspecified atom stereocenters. The van der Waals surface area contributed by atoms with Gasteiger partial charge in [-0.15, -0.1) is 0 Å². The Hall–Kier alpha value is -2.50. The quantitative estimate of drug-likeness (QED) is 0.908. The molecular weight excluding hydrogens is 304 g/mol. The summed E-state index contributed by atoms with van der Waals surface area (Å²) in [6, 6.07) is 9.87. The number of carbonyl (C=O) groups excluding carboxylic acids is 2. The van der Waals surface area contributed by atoms with Crippen LogP contribution in [0, 0.1) is 0 Å². The molecule has 24 heavy (non-hydrogen) atoms. The van der Waals surface area contributed by atoms with Gasteiger partial charge in [-0.25, -0.2) is 4.79 Å². The third-order valence-corrected chi connectivity index (χ3v) is 4.60. The summed E-state index contributed by atoms with van der Waals surface area (Å²) in [7, 11) is 0. The molecule has 2 heterocycles. The van der Waals surface area contributed by atoms with Gasteiger partial charge in [-0.05, 0) is 25.5 Å². The molecule has 1 saturated heterocycles. The summed E-state index contributed by atoms with van der Waals surface area (Å²) in [6.45, 7) is 6.28. The predicted molar refractivity (Wildman–Crippen MR) is 94.1 cm³/mol. The van der Waals surface area contributed by atoms with Crippen molar-refractivity contribution in [3.8, 4) is 0 Å². The standard InChI is InChI=1S/C18H24N4O2/c1-3-13(2)19-18(24)22-10-8-21(9-11-22)17(23)16-12-14-6-4-5-7-15(14)20-16/h4-7,12-13,20H,3,8-11H2,1-2H3,(H,19,24)/t13-/m0/s1. The van der Waals surface area contributed by atoms with E-state index in [1.54, 1.807) is 9.80 Å². The Morgan fingerprint density at radius 3 is 2.50 bits per heavy atom. The maximum absolute atomic E-state index is 12.6. The Bertz CT molecular complexity index is 698. The molecule has 0 saturated carbocycles. The smallest absolute Gasteiger partial charge is 0.317 e. The summed E-state index contributed by atoms with van der Waals surface area (Å²) < 4.78 is 0. The van der Waals surface area contributed by atoms with Crippen LogP contribution in [0.4, 0.5) is 4.79 Å². The van der Waals surface area contributed by atoms with Crippen LogP contribution in [0.25, 0.3) is 10.9 Å². The number of rotatable bonds is 3. The van der Waals surface area contributed by atoms with Crippen molar-refractivity contribution >= 4 is 22.8 Å². The van der Waals surface area contributed by atoms with E-state index in [1.807, 2.05) is 44.2 Å². The molecule has 1 fully saturated rings. The van der Waals surface area contributed by atoms with Gasteiger partial charge in [0.05, 0.1) is 0 Å². The number of hydrogen-bond donors (Lipinski definition) is 2. The summed E-state index contributed by atoms with van der Waals surface area (Å²) in [4.78, 5) is 31.5. The van der Waals surface area contributed by atoms with Crippen LogP contribution in [0.5, 0.6) is 0 Å². The van der Waals surface area contributed by atoms with E-state index in [4.69, 9.17) is 0 Å². The minimum absolute atomic E-state index is 0.00631. The first kappa shape index (κ1) is 16.4. The van der Waals surface area contributed by atoms with Crippen LogP contribution < -0.4 is 5.32 Å². The highest BCUT2D eigenvalue weighted by Gasteiger charge is 2.26. The zero-order chi connectivity index (χ0) is 17.1. The molecule has 0 spiro atoms. The summed E-state index contributed by atoms with van der Waals surface area (Å²) in [5.41, 5.74) is 1.57. The Morgan fingerprint density at radius 2 is 1.83 bits per heavy atom. The first-order chi connectivity index (χ1) is 11.6. The van der Waals surface area contributed by atoms with Crippen LogP contribution >= 0.6 is 0 Å². The van der Waals surface area contributed by atoms with Crippen molar-refractivity contribution in [3.05, 3.63) is 36.0 Å². The Kier molecular flexibility index (Phi) is 4.74. The summed E-state index contributed by atoms with van der Waals surface area (Å²) in [5.74, 6) is -0.00631. The van der Waals surface area contributed by atoms with E-state index in [-0.39, 0.29) is 18.0 Å². The monoisotopic (exact) mass is 328 g/mol. The highest BCUT2D eigenvalue weighted by atomic mass is 16.2. The minimum atomic E-state index is -0.0398. The fourth-order valence-corrected chi connectivity index (χ4v) is 2.88. The second-order valence-corrected chi connectivity index (χ2v) is 6.31. The average Bonchev–Trinajstić information content (AvgIpc) is 3.05. The van der Waals surface area contributed by atoms with E-state index in [0.29, 0.717) is 31.9 Å². The molecule has 3 amide bonds. The predicted octanol–water partition coefficient (Wildman–Crippen LogP) is 2.43. The van der Waals surface area contributed by atoms with E-state index in [9.17, 15) is 9.59 Å².